The fraction of sp³-hybridized carbons (Fsp3) is 0.364. The number of hydrogen-bond donors (Lipinski definition) is 2. The molecule has 0 radical (unpaired) electrons. The smallest absolute Gasteiger partial charge is 0.313 e. The van der Waals surface area contributed by atoms with Crippen molar-refractivity contribution in [3.63, 3.8) is 0 Å². The summed E-state index contributed by atoms with van der Waals surface area (Å²) < 4.78 is 5.46. The molecule has 1 heterocycles. The highest BCUT2D eigenvalue weighted by Crippen LogP contribution is 2.22. The number of thioether (sulfide) groups is 1. The molecule has 6 nitrogen and oxygen atoms in total. The number of morpholine rings is 1. The Balaban J connectivity index is 1.63. The van der Waals surface area contributed by atoms with Crippen molar-refractivity contribution in [1.29, 1.82) is 0 Å². The van der Waals surface area contributed by atoms with Crippen molar-refractivity contribution in [2.45, 2.75) is 17.9 Å². The van der Waals surface area contributed by atoms with Crippen molar-refractivity contribution in [3.8, 4) is 0 Å². The quantitative estimate of drug-likeness (QED) is 0.563. The standard InChI is InChI=1S/C22H27N3O3S/c1-16-6-8-17(9-7-16)20(25-10-12-28-13-11-25)15-23-21(26)22(27)24-18-4-3-5-19(14-18)29-2/h3-9,14,20H,10-13,15H2,1-2H3,(H,23,26)(H,24,27). The first-order chi connectivity index (χ1) is 14.1. The lowest BCUT2D eigenvalue weighted by Gasteiger charge is -2.35. The molecule has 0 bridgehead atoms. The minimum atomic E-state index is -0.659. The topological polar surface area (TPSA) is 70.7 Å². The van der Waals surface area contributed by atoms with Gasteiger partial charge in [-0.25, -0.2) is 0 Å². The van der Waals surface area contributed by atoms with Gasteiger partial charge in [0.2, 0.25) is 0 Å². The molecule has 2 amide bonds. The summed E-state index contributed by atoms with van der Waals surface area (Å²) in [5, 5.41) is 5.47. The molecule has 2 aromatic carbocycles. The summed E-state index contributed by atoms with van der Waals surface area (Å²) in [5.41, 5.74) is 2.91. The predicted octanol–water partition coefficient (Wildman–Crippen LogP) is 2.85. The minimum Gasteiger partial charge on any atom is -0.379 e. The second-order valence-electron chi connectivity index (χ2n) is 6.97. The van der Waals surface area contributed by atoms with Gasteiger partial charge in [-0.1, -0.05) is 35.9 Å². The molecule has 1 aliphatic heterocycles. The summed E-state index contributed by atoms with van der Waals surface area (Å²) in [6.07, 6.45) is 1.96. The SMILES string of the molecule is CSc1cccc(NC(=O)C(=O)NCC(c2ccc(C)cc2)N2CCOCC2)c1. The summed E-state index contributed by atoms with van der Waals surface area (Å²) in [5.74, 6) is -1.29. The van der Waals surface area contributed by atoms with E-state index in [1.807, 2.05) is 31.4 Å². The molecule has 0 saturated carbocycles. The Labute approximate surface area is 176 Å². The lowest BCUT2D eigenvalue weighted by atomic mass is 10.0. The summed E-state index contributed by atoms with van der Waals surface area (Å²) in [6.45, 7) is 5.33. The zero-order valence-corrected chi connectivity index (χ0v) is 17.6. The van der Waals surface area contributed by atoms with Crippen molar-refractivity contribution < 1.29 is 14.3 Å². The number of carbonyl (C=O) groups is 2. The van der Waals surface area contributed by atoms with E-state index in [9.17, 15) is 9.59 Å². The third-order valence-corrected chi connectivity index (χ3v) is 5.66. The lowest BCUT2D eigenvalue weighted by Crippen LogP contribution is -2.45. The van der Waals surface area contributed by atoms with Crippen molar-refractivity contribution in [3.05, 3.63) is 59.7 Å². The molecule has 0 aromatic heterocycles. The average Bonchev–Trinajstić information content (AvgIpc) is 2.75. The molecule has 1 saturated heterocycles. The monoisotopic (exact) mass is 413 g/mol. The van der Waals surface area contributed by atoms with Crippen LogP contribution in [0.3, 0.4) is 0 Å². The van der Waals surface area contributed by atoms with Crippen LogP contribution < -0.4 is 10.6 Å². The van der Waals surface area contributed by atoms with Crippen LogP contribution in [-0.2, 0) is 14.3 Å². The predicted molar refractivity (Wildman–Crippen MR) is 116 cm³/mol. The van der Waals surface area contributed by atoms with Crippen LogP contribution in [0.1, 0.15) is 17.2 Å². The van der Waals surface area contributed by atoms with Crippen LogP contribution in [0.5, 0.6) is 0 Å². The first kappa shape index (κ1) is 21.4. The van der Waals surface area contributed by atoms with E-state index in [0.29, 0.717) is 25.4 Å². The molecular weight excluding hydrogens is 386 g/mol. The van der Waals surface area contributed by atoms with E-state index in [1.165, 1.54) is 5.56 Å². The molecule has 1 aliphatic rings. The third kappa shape index (κ3) is 6.06. The molecule has 2 aromatic rings. The van der Waals surface area contributed by atoms with Crippen molar-refractivity contribution >= 4 is 29.3 Å². The largest absolute Gasteiger partial charge is 0.379 e. The fourth-order valence-corrected chi connectivity index (χ4v) is 3.75. The Morgan fingerprint density at radius 2 is 1.83 bits per heavy atom. The van der Waals surface area contributed by atoms with Gasteiger partial charge in [0.1, 0.15) is 0 Å². The van der Waals surface area contributed by atoms with Crippen molar-refractivity contribution in [2.24, 2.45) is 0 Å². The Kier molecular flexibility index (Phi) is 7.69. The molecule has 3 rings (SSSR count). The number of anilines is 1. The van der Waals surface area contributed by atoms with Crippen LogP contribution in [0.15, 0.2) is 53.4 Å². The van der Waals surface area contributed by atoms with Gasteiger partial charge < -0.3 is 15.4 Å². The maximum absolute atomic E-state index is 12.4. The number of carbonyl (C=O) groups excluding carboxylic acids is 2. The summed E-state index contributed by atoms with van der Waals surface area (Å²) >= 11 is 1.58. The third-order valence-electron chi connectivity index (χ3n) is 4.94. The van der Waals surface area contributed by atoms with Gasteiger partial charge in [-0.3, -0.25) is 14.5 Å². The van der Waals surface area contributed by atoms with Gasteiger partial charge in [-0.05, 0) is 36.9 Å². The molecule has 1 atom stereocenters. The molecule has 2 N–H and O–H groups in total. The van der Waals surface area contributed by atoms with Gasteiger partial charge >= 0.3 is 11.8 Å². The number of rotatable bonds is 6. The molecular formula is C22H27N3O3S. The van der Waals surface area contributed by atoms with Crippen LogP contribution in [0.25, 0.3) is 0 Å². The van der Waals surface area contributed by atoms with E-state index >= 15 is 0 Å². The van der Waals surface area contributed by atoms with Crippen LogP contribution in [0, 0.1) is 6.92 Å². The first-order valence-corrected chi connectivity index (χ1v) is 10.9. The van der Waals surface area contributed by atoms with Gasteiger partial charge in [-0.15, -0.1) is 11.8 Å². The Morgan fingerprint density at radius 3 is 2.52 bits per heavy atom. The summed E-state index contributed by atoms with van der Waals surface area (Å²) in [7, 11) is 0. The van der Waals surface area contributed by atoms with E-state index in [0.717, 1.165) is 23.5 Å². The second-order valence-corrected chi connectivity index (χ2v) is 7.85. The lowest BCUT2D eigenvalue weighted by molar-refractivity contribution is -0.136. The molecule has 154 valence electrons. The maximum atomic E-state index is 12.4. The van der Waals surface area contributed by atoms with Gasteiger partial charge in [0.25, 0.3) is 0 Å². The van der Waals surface area contributed by atoms with E-state index in [-0.39, 0.29) is 6.04 Å². The minimum absolute atomic E-state index is 0.00364. The molecule has 1 unspecified atom stereocenters. The number of benzene rings is 2. The van der Waals surface area contributed by atoms with Crippen molar-refractivity contribution in [1.82, 2.24) is 10.2 Å². The molecule has 29 heavy (non-hydrogen) atoms. The average molecular weight is 414 g/mol. The second kappa shape index (κ2) is 10.4. The molecule has 1 fully saturated rings. The molecule has 0 spiro atoms. The number of nitrogens with zero attached hydrogens (tertiary/aromatic N) is 1. The maximum Gasteiger partial charge on any atom is 0.313 e. The highest BCUT2D eigenvalue weighted by atomic mass is 32.2. The molecule has 7 heteroatoms. The van der Waals surface area contributed by atoms with Gasteiger partial charge in [-0.2, -0.15) is 0 Å². The Bertz CT molecular complexity index is 835. The van der Waals surface area contributed by atoms with E-state index in [1.54, 1.807) is 17.8 Å². The number of aryl methyl sites for hydroxylation is 1. The van der Waals surface area contributed by atoms with Gasteiger partial charge in [0.15, 0.2) is 0 Å². The highest BCUT2D eigenvalue weighted by Gasteiger charge is 2.24. The zero-order valence-electron chi connectivity index (χ0n) is 16.8. The van der Waals surface area contributed by atoms with E-state index in [2.05, 4.69) is 39.8 Å². The number of ether oxygens (including phenoxy) is 1. The molecule has 0 aliphatic carbocycles. The summed E-state index contributed by atoms with van der Waals surface area (Å²) in [6, 6.07) is 15.7. The zero-order chi connectivity index (χ0) is 20.6. The normalized spacial score (nSPS) is 15.5. The summed E-state index contributed by atoms with van der Waals surface area (Å²) in [4.78, 5) is 28.0. The van der Waals surface area contributed by atoms with Gasteiger partial charge in [0, 0.05) is 30.2 Å². The number of amides is 2. The van der Waals surface area contributed by atoms with Crippen LogP contribution in [0.2, 0.25) is 0 Å². The van der Waals surface area contributed by atoms with Crippen LogP contribution in [0.4, 0.5) is 5.69 Å². The van der Waals surface area contributed by atoms with Crippen LogP contribution >= 0.6 is 11.8 Å². The Morgan fingerprint density at radius 1 is 1.10 bits per heavy atom. The highest BCUT2D eigenvalue weighted by molar-refractivity contribution is 7.98. The number of nitrogens with one attached hydrogen (secondary N) is 2. The van der Waals surface area contributed by atoms with Crippen LogP contribution in [-0.4, -0.2) is 55.8 Å². The Hall–Kier alpha value is -2.35. The van der Waals surface area contributed by atoms with E-state index < -0.39 is 11.8 Å². The fourth-order valence-electron chi connectivity index (χ4n) is 3.29. The van der Waals surface area contributed by atoms with E-state index in [4.69, 9.17) is 4.74 Å². The first-order valence-electron chi connectivity index (χ1n) is 9.68. The van der Waals surface area contributed by atoms with Gasteiger partial charge in [0.05, 0.1) is 19.3 Å². The number of hydrogen-bond acceptors (Lipinski definition) is 5. The van der Waals surface area contributed by atoms with Crippen molar-refractivity contribution in [2.75, 3.05) is 44.4 Å².